The van der Waals surface area contributed by atoms with Gasteiger partial charge in [-0.2, -0.15) is 9.97 Å². The molecule has 3 saturated heterocycles. The summed E-state index contributed by atoms with van der Waals surface area (Å²) in [4.78, 5) is 28.6. The Morgan fingerprint density at radius 1 is 1.12 bits per heavy atom. The predicted octanol–water partition coefficient (Wildman–Crippen LogP) is 4.47. The Kier molecular flexibility index (Phi) is 5.85. The number of hydrogen-bond donors (Lipinski definition) is 3. The number of nitrogens with one attached hydrogen (secondary N) is 1. The molecule has 0 saturated carbocycles. The van der Waals surface area contributed by atoms with Gasteiger partial charge in [0, 0.05) is 24.8 Å². The van der Waals surface area contributed by atoms with E-state index in [9.17, 15) is 15.0 Å². The van der Waals surface area contributed by atoms with Crippen LogP contribution in [0.4, 0.5) is 15.0 Å². The van der Waals surface area contributed by atoms with Crippen molar-refractivity contribution >= 4 is 33.6 Å². The van der Waals surface area contributed by atoms with E-state index in [2.05, 4.69) is 25.2 Å². The fourth-order valence-electron chi connectivity index (χ4n) is 6.47. The molecule has 5 heterocycles. The van der Waals surface area contributed by atoms with E-state index in [0.717, 1.165) is 49.5 Å². The second kappa shape index (κ2) is 9.44. The van der Waals surface area contributed by atoms with Crippen molar-refractivity contribution in [2.24, 2.45) is 0 Å². The number of rotatable bonds is 6. The van der Waals surface area contributed by atoms with Crippen molar-refractivity contribution < 1.29 is 24.1 Å². The molecule has 11 heteroatoms. The zero-order valence-electron chi connectivity index (χ0n) is 21.8. The van der Waals surface area contributed by atoms with Gasteiger partial charge < -0.3 is 25.2 Å². The lowest BCUT2D eigenvalue weighted by atomic mass is 9.95. The molecule has 1 amide bonds. The van der Waals surface area contributed by atoms with E-state index in [1.54, 1.807) is 6.07 Å². The maximum absolute atomic E-state index is 16.3. The standard InChI is InChI=1S/C29H29FN6O4/c30-23-24(21-12-19(37)11-17-5-1-2-6-20(17)21)31-13-22-25(23)33-27(34-26(22)32-18-14-35(15-18)28(38)39)40-16-29-7-3-9-36(29)10-4-8-29/h1-2,5-6,11-13,18,37H,3-4,7-10,14-16H2,(H,38,39)(H,32,33,34). The van der Waals surface area contributed by atoms with Crippen LogP contribution >= 0.6 is 0 Å². The van der Waals surface area contributed by atoms with Crippen molar-refractivity contribution in [3.8, 4) is 23.0 Å². The summed E-state index contributed by atoms with van der Waals surface area (Å²) in [7, 11) is 0. The summed E-state index contributed by atoms with van der Waals surface area (Å²) in [6, 6.07) is 10.4. The number of halogens is 1. The molecule has 4 aromatic rings. The molecule has 2 aromatic carbocycles. The van der Waals surface area contributed by atoms with Crippen LogP contribution in [0.1, 0.15) is 25.7 Å². The van der Waals surface area contributed by atoms with Gasteiger partial charge in [0.25, 0.3) is 0 Å². The number of phenolic OH excluding ortho intramolecular Hbond substituents is 1. The van der Waals surface area contributed by atoms with Crippen molar-refractivity contribution in [1.29, 1.82) is 0 Å². The largest absolute Gasteiger partial charge is 0.508 e. The Bertz CT molecular complexity index is 1630. The number of ether oxygens (including phenoxy) is 1. The topological polar surface area (TPSA) is 124 Å². The van der Waals surface area contributed by atoms with Gasteiger partial charge in [-0.15, -0.1) is 0 Å². The summed E-state index contributed by atoms with van der Waals surface area (Å²) in [5.41, 5.74) is 0.525. The maximum Gasteiger partial charge on any atom is 0.407 e. The summed E-state index contributed by atoms with van der Waals surface area (Å²) in [5, 5.41) is 24.7. The van der Waals surface area contributed by atoms with Crippen LogP contribution in [0.25, 0.3) is 32.9 Å². The Labute approximate surface area is 229 Å². The molecule has 3 aliphatic rings. The number of likely N-dealkylation sites (tertiary alicyclic amines) is 1. The molecule has 0 radical (unpaired) electrons. The summed E-state index contributed by atoms with van der Waals surface area (Å²) in [5.74, 6) is -0.291. The molecule has 3 N–H and O–H groups in total. The molecule has 7 rings (SSSR count). The number of nitrogens with zero attached hydrogens (tertiary/aromatic N) is 5. The number of aromatic nitrogens is 3. The van der Waals surface area contributed by atoms with Crippen LogP contribution in [0.3, 0.4) is 0 Å². The average Bonchev–Trinajstić information content (AvgIpc) is 3.50. The maximum atomic E-state index is 16.3. The quantitative estimate of drug-likeness (QED) is 0.323. The highest BCUT2D eigenvalue weighted by atomic mass is 19.1. The van der Waals surface area contributed by atoms with E-state index in [4.69, 9.17) is 4.74 Å². The molecule has 0 unspecified atom stereocenters. The van der Waals surface area contributed by atoms with Gasteiger partial charge in [-0.1, -0.05) is 24.3 Å². The van der Waals surface area contributed by atoms with E-state index in [1.165, 1.54) is 17.2 Å². The summed E-state index contributed by atoms with van der Waals surface area (Å²) >= 11 is 0. The SMILES string of the molecule is O=C(O)N1CC(Nc2nc(OCC34CCCN3CCC4)nc3c(F)c(-c4cc(O)cc5ccccc45)ncc23)C1. The molecule has 10 nitrogen and oxygen atoms in total. The number of hydrogen-bond acceptors (Lipinski definition) is 8. The zero-order valence-corrected chi connectivity index (χ0v) is 21.8. The second-order valence-corrected chi connectivity index (χ2v) is 11.0. The van der Waals surface area contributed by atoms with Crippen molar-refractivity contribution in [2.45, 2.75) is 37.3 Å². The van der Waals surface area contributed by atoms with Gasteiger partial charge in [0.1, 0.15) is 29.4 Å². The van der Waals surface area contributed by atoms with E-state index < -0.39 is 11.9 Å². The van der Waals surface area contributed by atoms with E-state index in [1.807, 2.05) is 24.3 Å². The van der Waals surface area contributed by atoms with Crippen LogP contribution in [-0.4, -0.2) is 85.4 Å². The first kappa shape index (κ1) is 24.8. The molecule has 0 aliphatic carbocycles. The molecule has 206 valence electrons. The van der Waals surface area contributed by atoms with E-state index in [-0.39, 0.29) is 34.6 Å². The number of amides is 1. The van der Waals surface area contributed by atoms with Crippen LogP contribution < -0.4 is 10.1 Å². The fourth-order valence-corrected chi connectivity index (χ4v) is 6.47. The fraction of sp³-hybridized carbons (Fsp3) is 0.379. The van der Waals surface area contributed by atoms with E-state index >= 15 is 4.39 Å². The van der Waals surface area contributed by atoms with Crippen molar-refractivity contribution in [3.63, 3.8) is 0 Å². The van der Waals surface area contributed by atoms with Gasteiger partial charge >= 0.3 is 12.1 Å². The minimum Gasteiger partial charge on any atom is -0.508 e. The molecule has 3 fully saturated rings. The molecular formula is C29H29FN6O4. The van der Waals surface area contributed by atoms with E-state index in [0.29, 0.717) is 36.5 Å². The summed E-state index contributed by atoms with van der Waals surface area (Å²) in [6.07, 6.45) is 4.87. The number of anilines is 1. The lowest BCUT2D eigenvalue weighted by Gasteiger charge is -2.37. The van der Waals surface area contributed by atoms with Crippen LogP contribution in [0.5, 0.6) is 11.8 Å². The van der Waals surface area contributed by atoms with Gasteiger partial charge in [-0.05, 0) is 61.7 Å². The first-order valence-electron chi connectivity index (χ1n) is 13.6. The predicted molar refractivity (Wildman–Crippen MR) is 147 cm³/mol. The monoisotopic (exact) mass is 544 g/mol. The molecular weight excluding hydrogens is 515 g/mol. The number of fused-ring (bicyclic) bond motifs is 3. The third kappa shape index (κ3) is 4.12. The third-order valence-corrected chi connectivity index (χ3v) is 8.54. The average molecular weight is 545 g/mol. The van der Waals surface area contributed by atoms with Gasteiger partial charge in [0.15, 0.2) is 5.82 Å². The van der Waals surface area contributed by atoms with Crippen molar-refractivity contribution in [2.75, 3.05) is 38.1 Å². The first-order chi connectivity index (χ1) is 19.4. The lowest BCUT2D eigenvalue weighted by molar-refractivity contribution is 0.107. The minimum absolute atomic E-state index is 0.00830. The molecule has 2 aromatic heterocycles. The van der Waals surface area contributed by atoms with Crippen LogP contribution in [0.2, 0.25) is 0 Å². The highest BCUT2D eigenvalue weighted by molar-refractivity contribution is 5.99. The minimum atomic E-state index is -0.984. The number of aromatic hydroxyl groups is 1. The summed E-state index contributed by atoms with van der Waals surface area (Å²) < 4.78 is 22.5. The number of carboxylic acid groups (broad SMARTS) is 1. The van der Waals surface area contributed by atoms with Crippen molar-refractivity contribution in [1.82, 2.24) is 24.8 Å². The molecule has 0 bridgehead atoms. The number of pyridine rings is 1. The smallest absolute Gasteiger partial charge is 0.407 e. The number of carbonyl (C=O) groups is 1. The highest BCUT2D eigenvalue weighted by Gasteiger charge is 2.45. The zero-order chi connectivity index (χ0) is 27.4. The van der Waals surface area contributed by atoms with Crippen molar-refractivity contribution in [3.05, 3.63) is 48.4 Å². The lowest BCUT2D eigenvalue weighted by Crippen LogP contribution is -2.56. The van der Waals surface area contributed by atoms with Gasteiger partial charge in [-0.25, -0.2) is 9.18 Å². The Morgan fingerprint density at radius 2 is 1.90 bits per heavy atom. The Morgan fingerprint density at radius 3 is 2.67 bits per heavy atom. The Hall–Kier alpha value is -4.25. The van der Waals surface area contributed by atoms with Gasteiger partial charge in [0.2, 0.25) is 0 Å². The van der Waals surface area contributed by atoms with Crippen LogP contribution in [0, 0.1) is 5.82 Å². The molecule has 0 spiro atoms. The Balaban J connectivity index is 1.30. The summed E-state index contributed by atoms with van der Waals surface area (Å²) in [6.45, 7) is 3.11. The molecule has 0 atom stereocenters. The number of benzene rings is 2. The van der Waals surface area contributed by atoms with Gasteiger partial charge in [0.05, 0.1) is 17.0 Å². The number of phenols is 1. The highest BCUT2D eigenvalue weighted by Crippen LogP contribution is 2.40. The van der Waals surface area contributed by atoms with Gasteiger partial charge in [-0.3, -0.25) is 9.88 Å². The normalized spacial score (nSPS) is 18.7. The van der Waals surface area contributed by atoms with Crippen LogP contribution in [0.15, 0.2) is 42.6 Å². The van der Waals surface area contributed by atoms with Crippen LogP contribution in [-0.2, 0) is 0 Å². The first-order valence-corrected chi connectivity index (χ1v) is 13.6. The third-order valence-electron chi connectivity index (χ3n) is 8.54. The molecule has 3 aliphatic heterocycles. The molecule has 40 heavy (non-hydrogen) atoms. The second-order valence-electron chi connectivity index (χ2n) is 11.0.